The highest BCUT2D eigenvalue weighted by atomic mass is 16.6. The van der Waals surface area contributed by atoms with E-state index in [1.54, 1.807) is 7.11 Å². The van der Waals surface area contributed by atoms with Crippen molar-refractivity contribution in [2.24, 2.45) is 5.73 Å². The summed E-state index contributed by atoms with van der Waals surface area (Å²) >= 11 is 0. The SMILES string of the molecule is COc1ccc2c(c1)C(N)C(C(=O)OC(C)(C)C)N2. The molecule has 1 aliphatic rings. The molecular weight excluding hydrogens is 244 g/mol. The second-order valence-corrected chi connectivity index (χ2v) is 5.63. The van der Waals surface area contributed by atoms with Gasteiger partial charge in [0.2, 0.25) is 0 Å². The Bertz CT molecular complexity index is 494. The number of hydrogen-bond acceptors (Lipinski definition) is 5. The highest BCUT2D eigenvalue weighted by Gasteiger charge is 2.37. The number of anilines is 1. The summed E-state index contributed by atoms with van der Waals surface area (Å²) in [6.07, 6.45) is 0. The van der Waals surface area contributed by atoms with Crippen LogP contribution >= 0.6 is 0 Å². The van der Waals surface area contributed by atoms with E-state index in [2.05, 4.69) is 5.32 Å². The van der Waals surface area contributed by atoms with Gasteiger partial charge >= 0.3 is 5.97 Å². The Labute approximate surface area is 113 Å². The number of benzene rings is 1. The molecule has 0 fully saturated rings. The van der Waals surface area contributed by atoms with Gasteiger partial charge in [0.25, 0.3) is 0 Å². The van der Waals surface area contributed by atoms with Crippen LogP contribution in [-0.4, -0.2) is 24.7 Å². The van der Waals surface area contributed by atoms with Gasteiger partial charge in [0.1, 0.15) is 17.4 Å². The van der Waals surface area contributed by atoms with Gasteiger partial charge < -0.3 is 20.5 Å². The van der Waals surface area contributed by atoms with Crippen molar-refractivity contribution < 1.29 is 14.3 Å². The van der Waals surface area contributed by atoms with Crippen molar-refractivity contribution in [3.8, 4) is 5.75 Å². The van der Waals surface area contributed by atoms with Crippen molar-refractivity contribution in [2.45, 2.75) is 38.5 Å². The van der Waals surface area contributed by atoms with E-state index in [9.17, 15) is 4.79 Å². The lowest BCUT2D eigenvalue weighted by Gasteiger charge is -2.23. The quantitative estimate of drug-likeness (QED) is 0.797. The molecule has 0 aromatic heterocycles. The minimum atomic E-state index is -0.554. The van der Waals surface area contributed by atoms with E-state index >= 15 is 0 Å². The Kier molecular flexibility index (Phi) is 3.41. The van der Waals surface area contributed by atoms with Crippen LogP contribution in [0.3, 0.4) is 0 Å². The van der Waals surface area contributed by atoms with Crippen LogP contribution in [0, 0.1) is 0 Å². The lowest BCUT2D eigenvalue weighted by molar-refractivity contribution is -0.156. The predicted octanol–water partition coefficient (Wildman–Crippen LogP) is 1.83. The molecule has 0 bridgehead atoms. The normalized spacial score (nSPS) is 21.5. The Balaban J connectivity index is 2.19. The highest BCUT2D eigenvalue weighted by Crippen LogP contribution is 2.36. The summed E-state index contributed by atoms with van der Waals surface area (Å²) in [6, 6.07) is 4.55. The summed E-state index contributed by atoms with van der Waals surface area (Å²) < 4.78 is 10.5. The fraction of sp³-hybridized carbons (Fsp3) is 0.500. The van der Waals surface area contributed by atoms with Gasteiger partial charge in [-0.15, -0.1) is 0 Å². The third-order valence-electron chi connectivity index (χ3n) is 2.95. The van der Waals surface area contributed by atoms with E-state index in [0.717, 1.165) is 17.0 Å². The van der Waals surface area contributed by atoms with E-state index < -0.39 is 17.7 Å². The number of ether oxygens (including phenoxy) is 2. The number of nitrogens with one attached hydrogen (secondary N) is 1. The van der Waals surface area contributed by atoms with Crippen LogP contribution in [0.15, 0.2) is 18.2 Å². The maximum atomic E-state index is 12.1. The maximum Gasteiger partial charge on any atom is 0.331 e. The van der Waals surface area contributed by atoms with Crippen LogP contribution in [0.25, 0.3) is 0 Å². The second kappa shape index (κ2) is 4.74. The molecule has 1 heterocycles. The maximum absolute atomic E-state index is 12.1. The van der Waals surface area contributed by atoms with Gasteiger partial charge in [-0.1, -0.05) is 0 Å². The van der Waals surface area contributed by atoms with Crippen molar-refractivity contribution in [2.75, 3.05) is 12.4 Å². The van der Waals surface area contributed by atoms with E-state index in [1.165, 1.54) is 0 Å². The molecule has 19 heavy (non-hydrogen) atoms. The van der Waals surface area contributed by atoms with Crippen LogP contribution < -0.4 is 15.8 Å². The van der Waals surface area contributed by atoms with Crippen LogP contribution in [-0.2, 0) is 9.53 Å². The van der Waals surface area contributed by atoms with Crippen molar-refractivity contribution in [1.29, 1.82) is 0 Å². The third kappa shape index (κ3) is 2.81. The molecule has 1 aromatic carbocycles. The smallest absolute Gasteiger partial charge is 0.331 e. The van der Waals surface area contributed by atoms with Gasteiger partial charge in [-0.05, 0) is 44.5 Å². The summed E-state index contributed by atoms with van der Waals surface area (Å²) in [5, 5.41) is 3.10. The molecule has 0 aliphatic carbocycles. The van der Waals surface area contributed by atoms with Gasteiger partial charge in [0, 0.05) is 5.69 Å². The fourth-order valence-electron chi connectivity index (χ4n) is 2.08. The lowest BCUT2D eigenvalue weighted by atomic mass is 10.0. The summed E-state index contributed by atoms with van der Waals surface area (Å²) in [7, 11) is 1.60. The molecule has 0 amide bonds. The van der Waals surface area contributed by atoms with Gasteiger partial charge in [0.05, 0.1) is 13.2 Å². The Hall–Kier alpha value is -1.75. The Morgan fingerprint density at radius 3 is 2.63 bits per heavy atom. The van der Waals surface area contributed by atoms with Crippen LogP contribution in [0.1, 0.15) is 32.4 Å². The zero-order chi connectivity index (χ0) is 14.2. The molecule has 0 saturated heterocycles. The topological polar surface area (TPSA) is 73.6 Å². The number of methoxy groups -OCH3 is 1. The summed E-state index contributed by atoms with van der Waals surface area (Å²) in [5.41, 5.74) is 7.31. The first-order chi connectivity index (χ1) is 8.81. The first-order valence-corrected chi connectivity index (χ1v) is 6.25. The lowest BCUT2D eigenvalue weighted by Crippen LogP contribution is -2.39. The van der Waals surface area contributed by atoms with Crippen molar-refractivity contribution in [3.63, 3.8) is 0 Å². The zero-order valence-electron chi connectivity index (χ0n) is 11.7. The van der Waals surface area contributed by atoms with Gasteiger partial charge in [-0.2, -0.15) is 0 Å². The molecule has 0 saturated carbocycles. The molecule has 5 nitrogen and oxygen atoms in total. The van der Waals surface area contributed by atoms with Crippen molar-refractivity contribution in [1.82, 2.24) is 0 Å². The number of hydrogen-bond donors (Lipinski definition) is 2. The van der Waals surface area contributed by atoms with E-state index in [1.807, 2.05) is 39.0 Å². The van der Waals surface area contributed by atoms with Crippen molar-refractivity contribution >= 4 is 11.7 Å². The monoisotopic (exact) mass is 264 g/mol. The van der Waals surface area contributed by atoms with Crippen LogP contribution in [0.2, 0.25) is 0 Å². The van der Waals surface area contributed by atoms with Gasteiger partial charge in [-0.3, -0.25) is 0 Å². The van der Waals surface area contributed by atoms with E-state index in [-0.39, 0.29) is 5.97 Å². The molecule has 0 radical (unpaired) electrons. The average Bonchev–Trinajstić information content (AvgIpc) is 2.64. The number of carbonyl (C=O) groups is 1. The number of fused-ring (bicyclic) bond motifs is 1. The second-order valence-electron chi connectivity index (χ2n) is 5.63. The molecule has 1 aromatic rings. The number of carbonyl (C=O) groups excluding carboxylic acids is 1. The van der Waals surface area contributed by atoms with Gasteiger partial charge in [0.15, 0.2) is 0 Å². The minimum absolute atomic E-state index is 0.338. The average molecular weight is 264 g/mol. The number of nitrogens with two attached hydrogens (primary N) is 1. The molecule has 1 aliphatic heterocycles. The standard InChI is InChI=1S/C14H20N2O3/c1-14(2,3)19-13(17)12-11(15)9-7-8(18-4)5-6-10(9)16-12/h5-7,11-12,16H,15H2,1-4H3. The molecule has 2 unspecified atom stereocenters. The molecule has 2 atom stereocenters. The highest BCUT2D eigenvalue weighted by molar-refractivity contribution is 5.84. The van der Waals surface area contributed by atoms with E-state index in [4.69, 9.17) is 15.2 Å². The van der Waals surface area contributed by atoms with Crippen LogP contribution in [0.4, 0.5) is 5.69 Å². The summed E-state index contributed by atoms with van der Waals surface area (Å²) in [5.74, 6) is 0.385. The predicted molar refractivity (Wildman–Crippen MR) is 73.2 cm³/mol. The van der Waals surface area contributed by atoms with E-state index in [0.29, 0.717) is 0 Å². The Morgan fingerprint density at radius 2 is 2.05 bits per heavy atom. The molecule has 0 spiro atoms. The number of rotatable bonds is 2. The first kappa shape index (κ1) is 13.7. The summed E-state index contributed by atoms with van der Waals surface area (Å²) in [6.45, 7) is 5.50. The van der Waals surface area contributed by atoms with Crippen LogP contribution in [0.5, 0.6) is 5.75 Å². The van der Waals surface area contributed by atoms with Gasteiger partial charge in [-0.25, -0.2) is 4.79 Å². The molecular formula is C14H20N2O3. The Morgan fingerprint density at radius 1 is 1.37 bits per heavy atom. The third-order valence-corrected chi connectivity index (χ3v) is 2.95. The largest absolute Gasteiger partial charge is 0.497 e. The molecule has 5 heteroatoms. The molecule has 2 rings (SSSR count). The first-order valence-electron chi connectivity index (χ1n) is 6.25. The zero-order valence-corrected chi connectivity index (χ0v) is 11.7. The fourth-order valence-corrected chi connectivity index (χ4v) is 2.08. The molecule has 3 N–H and O–H groups in total. The molecule has 104 valence electrons. The number of esters is 1. The summed E-state index contributed by atoms with van der Waals surface area (Å²) in [4.78, 5) is 12.1. The minimum Gasteiger partial charge on any atom is -0.497 e. The van der Waals surface area contributed by atoms with Crippen molar-refractivity contribution in [3.05, 3.63) is 23.8 Å².